The van der Waals surface area contributed by atoms with Gasteiger partial charge in [-0.1, -0.05) is 41.9 Å². The van der Waals surface area contributed by atoms with Crippen LogP contribution in [0.2, 0.25) is 0 Å². The average molecular weight is 294 g/mol. The van der Waals surface area contributed by atoms with E-state index in [0.717, 1.165) is 5.56 Å². The molecule has 0 aliphatic carbocycles. The number of rotatable bonds is 3. The second-order valence-electron chi connectivity index (χ2n) is 4.97. The predicted octanol–water partition coefficient (Wildman–Crippen LogP) is 2.00. The van der Waals surface area contributed by atoms with Crippen LogP contribution in [-0.2, 0) is 9.53 Å². The number of ether oxygens (including phenoxy) is 1. The Morgan fingerprint density at radius 2 is 2.00 bits per heavy atom. The van der Waals surface area contributed by atoms with Crippen molar-refractivity contribution in [1.29, 1.82) is 0 Å². The van der Waals surface area contributed by atoms with Crippen molar-refractivity contribution >= 4 is 5.97 Å². The van der Waals surface area contributed by atoms with Gasteiger partial charge in [0.25, 0.3) is 0 Å². The van der Waals surface area contributed by atoms with Crippen LogP contribution < -0.4 is 0 Å². The smallest absolute Gasteiger partial charge is 0.313 e. The summed E-state index contributed by atoms with van der Waals surface area (Å²) in [5.74, 6) is 12.9. The lowest BCUT2D eigenvalue weighted by Gasteiger charge is -2.21. The number of carbonyl (C=O) groups is 1. The first-order chi connectivity index (χ1) is 10.5. The van der Waals surface area contributed by atoms with E-state index in [1.54, 1.807) is 6.92 Å². The first-order valence-corrected chi connectivity index (χ1v) is 6.77. The van der Waals surface area contributed by atoms with Crippen molar-refractivity contribution in [3.05, 3.63) is 35.9 Å². The fourth-order valence-electron chi connectivity index (χ4n) is 1.73. The molecular formula is C19H18O3. The first kappa shape index (κ1) is 17.4. The molecule has 0 aliphatic heterocycles. The molecule has 0 aromatic heterocycles. The minimum atomic E-state index is -1.08. The highest BCUT2D eigenvalue weighted by Gasteiger charge is 2.32. The standard InChI is InChI=1S/C19H18O3/c1-4-14-19(2,18(21)22-3)15-8-11-17(20)13-12-16-9-6-5-7-10-16/h1,5-7,9-10,17,20H,14-15H2,2-3H3. The van der Waals surface area contributed by atoms with E-state index in [9.17, 15) is 9.90 Å². The molecule has 1 rings (SSSR count). The Hall–Kier alpha value is -2.67. The summed E-state index contributed by atoms with van der Waals surface area (Å²) in [6.45, 7) is 1.69. The number of methoxy groups -OCH3 is 1. The molecule has 0 spiro atoms. The number of aliphatic hydroxyl groups is 1. The molecule has 0 heterocycles. The molecule has 1 N–H and O–H groups in total. The van der Waals surface area contributed by atoms with Gasteiger partial charge in [-0.25, -0.2) is 0 Å². The molecule has 2 unspecified atom stereocenters. The molecule has 0 saturated carbocycles. The number of esters is 1. The number of terminal acetylenes is 1. The summed E-state index contributed by atoms with van der Waals surface area (Å²) >= 11 is 0. The molecule has 3 heteroatoms. The van der Waals surface area contributed by atoms with Gasteiger partial charge in [0, 0.05) is 18.4 Å². The Bertz CT molecular complexity index is 662. The fourth-order valence-corrected chi connectivity index (χ4v) is 1.73. The monoisotopic (exact) mass is 294 g/mol. The van der Waals surface area contributed by atoms with Crippen LogP contribution in [0.3, 0.4) is 0 Å². The summed E-state index contributed by atoms with van der Waals surface area (Å²) in [5.41, 5.74) is -0.0709. The van der Waals surface area contributed by atoms with Crippen LogP contribution in [0.1, 0.15) is 25.3 Å². The van der Waals surface area contributed by atoms with E-state index in [1.807, 2.05) is 30.3 Å². The molecule has 112 valence electrons. The second kappa shape index (κ2) is 8.58. The molecule has 0 bridgehead atoms. The highest BCUT2D eigenvalue weighted by Crippen LogP contribution is 2.26. The zero-order valence-corrected chi connectivity index (χ0v) is 12.7. The van der Waals surface area contributed by atoms with Gasteiger partial charge in [-0.2, -0.15) is 0 Å². The molecule has 3 nitrogen and oxygen atoms in total. The van der Waals surface area contributed by atoms with Gasteiger partial charge in [0.05, 0.1) is 12.5 Å². The van der Waals surface area contributed by atoms with Crippen LogP contribution in [0, 0.1) is 41.4 Å². The summed E-state index contributed by atoms with van der Waals surface area (Å²) < 4.78 is 4.74. The van der Waals surface area contributed by atoms with Crippen LogP contribution in [0.4, 0.5) is 0 Å². The molecule has 1 aromatic carbocycles. The third-order valence-electron chi connectivity index (χ3n) is 3.01. The maximum absolute atomic E-state index is 11.7. The van der Waals surface area contributed by atoms with E-state index >= 15 is 0 Å². The van der Waals surface area contributed by atoms with E-state index in [1.165, 1.54) is 7.11 Å². The van der Waals surface area contributed by atoms with Crippen molar-refractivity contribution in [1.82, 2.24) is 0 Å². The second-order valence-corrected chi connectivity index (χ2v) is 4.97. The van der Waals surface area contributed by atoms with Crippen LogP contribution >= 0.6 is 0 Å². The van der Waals surface area contributed by atoms with Crippen molar-refractivity contribution in [3.63, 3.8) is 0 Å². The largest absolute Gasteiger partial charge is 0.469 e. The van der Waals surface area contributed by atoms with Gasteiger partial charge in [0.15, 0.2) is 6.10 Å². The first-order valence-electron chi connectivity index (χ1n) is 6.77. The normalized spacial score (nSPS) is 13.2. The summed E-state index contributed by atoms with van der Waals surface area (Å²) in [4.78, 5) is 11.7. The van der Waals surface area contributed by atoms with Crippen molar-refractivity contribution in [2.24, 2.45) is 5.41 Å². The third-order valence-corrected chi connectivity index (χ3v) is 3.01. The molecule has 2 atom stereocenters. The van der Waals surface area contributed by atoms with E-state index in [4.69, 9.17) is 11.2 Å². The highest BCUT2D eigenvalue weighted by atomic mass is 16.5. The minimum Gasteiger partial charge on any atom is -0.469 e. The molecule has 22 heavy (non-hydrogen) atoms. The quantitative estimate of drug-likeness (QED) is 0.685. The Morgan fingerprint density at radius 1 is 1.32 bits per heavy atom. The number of hydrogen-bond acceptors (Lipinski definition) is 3. The number of aliphatic hydroxyl groups excluding tert-OH is 1. The third kappa shape index (κ3) is 5.37. The van der Waals surface area contributed by atoms with Gasteiger partial charge < -0.3 is 9.84 Å². The lowest BCUT2D eigenvalue weighted by Crippen LogP contribution is -2.28. The molecule has 0 amide bonds. The summed E-state index contributed by atoms with van der Waals surface area (Å²) in [6.07, 6.45) is 4.62. The molecule has 1 aromatic rings. The molecule has 0 saturated heterocycles. The van der Waals surface area contributed by atoms with Crippen LogP contribution in [-0.4, -0.2) is 24.3 Å². The van der Waals surface area contributed by atoms with E-state index in [-0.39, 0.29) is 12.8 Å². The van der Waals surface area contributed by atoms with Crippen LogP contribution in [0.5, 0.6) is 0 Å². The topological polar surface area (TPSA) is 46.5 Å². The van der Waals surface area contributed by atoms with Gasteiger partial charge in [0.1, 0.15) is 0 Å². The van der Waals surface area contributed by atoms with Crippen LogP contribution in [0.15, 0.2) is 30.3 Å². The SMILES string of the molecule is C#CCC(C)(CC#CC(O)C#Cc1ccccc1)C(=O)OC. The van der Waals surface area contributed by atoms with E-state index < -0.39 is 17.5 Å². The Labute approximate surface area is 131 Å². The Kier molecular flexibility index (Phi) is 6.78. The summed E-state index contributed by atoms with van der Waals surface area (Å²) in [5, 5.41) is 9.73. The van der Waals surface area contributed by atoms with Crippen molar-refractivity contribution in [3.8, 4) is 36.0 Å². The maximum atomic E-state index is 11.7. The highest BCUT2D eigenvalue weighted by molar-refractivity contribution is 5.77. The van der Waals surface area contributed by atoms with Gasteiger partial charge >= 0.3 is 5.97 Å². The lowest BCUT2D eigenvalue weighted by atomic mass is 9.84. The number of benzene rings is 1. The van der Waals surface area contributed by atoms with Crippen molar-refractivity contribution in [2.75, 3.05) is 7.11 Å². The van der Waals surface area contributed by atoms with Gasteiger partial charge in [-0.05, 0) is 19.1 Å². The molecule has 0 fully saturated rings. The van der Waals surface area contributed by atoms with E-state index in [0.29, 0.717) is 0 Å². The van der Waals surface area contributed by atoms with Gasteiger partial charge in [-0.15, -0.1) is 12.3 Å². The maximum Gasteiger partial charge on any atom is 0.313 e. The van der Waals surface area contributed by atoms with E-state index in [2.05, 4.69) is 29.6 Å². The predicted molar refractivity (Wildman–Crippen MR) is 85.3 cm³/mol. The Balaban J connectivity index is 2.71. The molecule has 0 aliphatic rings. The summed E-state index contributed by atoms with van der Waals surface area (Å²) in [7, 11) is 1.31. The Morgan fingerprint density at radius 3 is 2.59 bits per heavy atom. The lowest BCUT2D eigenvalue weighted by molar-refractivity contribution is -0.151. The average Bonchev–Trinajstić information content (AvgIpc) is 2.53. The van der Waals surface area contributed by atoms with Gasteiger partial charge in [0.2, 0.25) is 0 Å². The number of hydrogen-bond donors (Lipinski definition) is 1. The van der Waals surface area contributed by atoms with Gasteiger partial charge in [-0.3, -0.25) is 4.79 Å². The zero-order chi connectivity index (χ0) is 16.4. The minimum absolute atomic E-state index is 0.202. The molecular weight excluding hydrogens is 276 g/mol. The molecule has 0 radical (unpaired) electrons. The zero-order valence-electron chi connectivity index (χ0n) is 12.7. The number of carbonyl (C=O) groups excluding carboxylic acids is 1. The van der Waals surface area contributed by atoms with Crippen LogP contribution in [0.25, 0.3) is 0 Å². The van der Waals surface area contributed by atoms with Crippen molar-refractivity contribution < 1.29 is 14.6 Å². The summed E-state index contributed by atoms with van der Waals surface area (Å²) in [6, 6.07) is 9.30. The fraction of sp³-hybridized carbons (Fsp3) is 0.316. The van der Waals surface area contributed by atoms with Crippen molar-refractivity contribution in [2.45, 2.75) is 25.9 Å².